The number of hydrogen-bond acceptors (Lipinski definition) is 4. The van der Waals surface area contributed by atoms with Crippen LogP contribution in [0.3, 0.4) is 0 Å². The first-order valence-electron chi connectivity index (χ1n) is 6.86. The lowest BCUT2D eigenvalue weighted by Crippen LogP contribution is -2.69. The Bertz CT molecular complexity index is 700. The first kappa shape index (κ1) is 26.6. The van der Waals surface area contributed by atoms with Gasteiger partial charge in [0.1, 0.15) is 0 Å². The van der Waals surface area contributed by atoms with Crippen molar-refractivity contribution in [3.63, 3.8) is 0 Å². The summed E-state index contributed by atoms with van der Waals surface area (Å²) in [6.45, 7) is 6.60. The maximum Gasteiger partial charge on any atom is 0.473 e. The summed E-state index contributed by atoms with van der Waals surface area (Å²) in [7, 11) is 0. The van der Waals surface area contributed by atoms with E-state index >= 15 is 0 Å². The summed E-state index contributed by atoms with van der Waals surface area (Å²) in [5, 5.41) is 0. The van der Waals surface area contributed by atoms with E-state index in [2.05, 4.69) is 22.6 Å². The second kappa shape index (κ2) is 7.82. The average molecular weight is 452 g/mol. The van der Waals surface area contributed by atoms with Crippen LogP contribution in [-0.4, -0.2) is 48.1 Å². The van der Waals surface area contributed by atoms with E-state index in [-0.39, 0.29) is 0 Å². The van der Waals surface area contributed by atoms with Crippen molar-refractivity contribution >= 4 is 11.9 Å². The lowest BCUT2D eigenvalue weighted by Gasteiger charge is -2.38. The molecule has 0 aromatic carbocycles. The van der Waals surface area contributed by atoms with Crippen LogP contribution in [0.15, 0.2) is 24.3 Å². The van der Waals surface area contributed by atoms with Crippen LogP contribution in [-0.2, 0) is 19.1 Å². The monoisotopic (exact) mass is 452 g/mol. The minimum Gasteiger partial charge on any atom is -0.421 e. The van der Waals surface area contributed by atoms with Gasteiger partial charge in [0.15, 0.2) is 0 Å². The second-order valence-corrected chi connectivity index (χ2v) is 5.53. The van der Waals surface area contributed by atoms with Gasteiger partial charge in [-0.15, -0.1) is 0 Å². The average Bonchev–Trinajstić information content (AvgIpc) is 2.52. The number of esters is 2. The maximum absolute atomic E-state index is 13.5. The molecule has 4 nitrogen and oxygen atoms in total. The first-order chi connectivity index (χ1) is 12.6. The lowest BCUT2D eigenvalue weighted by molar-refractivity contribution is -0.445. The van der Waals surface area contributed by atoms with Crippen molar-refractivity contribution in [2.45, 2.75) is 50.0 Å². The van der Waals surface area contributed by atoms with Crippen molar-refractivity contribution in [3.05, 3.63) is 24.3 Å². The Balaban J connectivity index is 6.15. The van der Waals surface area contributed by atoms with Gasteiger partial charge in [-0.25, -0.2) is 9.59 Å². The van der Waals surface area contributed by atoms with Crippen LogP contribution in [0.5, 0.6) is 0 Å². The van der Waals surface area contributed by atoms with Gasteiger partial charge in [0.05, 0.1) is 0 Å². The molecule has 0 fully saturated rings. The summed E-state index contributed by atoms with van der Waals surface area (Å²) in [4.78, 5) is 21.7. The smallest absolute Gasteiger partial charge is 0.421 e. The Hall–Kier alpha value is -2.35. The van der Waals surface area contributed by atoms with Crippen LogP contribution in [0.2, 0.25) is 0 Å². The van der Waals surface area contributed by atoms with Crippen molar-refractivity contribution < 1.29 is 67.4 Å². The summed E-state index contributed by atoms with van der Waals surface area (Å²) in [5.41, 5.74) is -1.96. The Morgan fingerprint density at radius 1 is 0.724 bits per heavy atom. The minimum atomic E-state index is -7.73. The summed E-state index contributed by atoms with van der Waals surface area (Å²) in [5.74, 6) is -34.4. The Morgan fingerprint density at radius 2 is 1.10 bits per heavy atom. The third-order valence-corrected chi connectivity index (χ3v) is 2.99. The number of halogens is 11. The molecular formula is C14H11F11O4. The van der Waals surface area contributed by atoms with Crippen molar-refractivity contribution in [1.29, 1.82) is 0 Å². The highest BCUT2D eigenvalue weighted by Crippen LogP contribution is 2.58. The van der Waals surface area contributed by atoms with Crippen LogP contribution >= 0.6 is 0 Å². The van der Waals surface area contributed by atoms with Gasteiger partial charge in [-0.05, 0) is 13.8 Å². The molecule has 0 aliphatic carbocycles. The van der Waals surface area contributed by atoms with Gasteiger partial charge in [-0.2, -0.15) is 48.3 Å². The molecule has 168 valence electrons. The van der Waals surface area contributed by atoms with E-state index in [1.54, 1.807) is 0 Å². The summed E-state index contributed by atoms with van der Waals surface area (Å²) in [6.07, 6.45) is -11.7. The van der Waals surface area contributed by atoms with Gasteiger partial charge in [-0.1, -0.05) is 13.2 Å². The number of alkyl halides is 11. The molecule has 0 spiro atoms. The molecule has 0 amide bonds. The zero-order valence-corrected chi connectivity index (χ0v) is 14.3. The molecule has 0 rings (SSSR count). The van der Waals surface area contributed by atoms with Crippen LogP contribution in [0, 0.1) is 0 Å². The molecule has 0 radical (unpaired) electrons. The number of carbonyl (C=O) groups is 2. The fourth-order valence-corrected chi connectivity index (χ4v) is 1.27. The number of rotatable bonds is 9. The summed E-state index contributed by atoms with van der Waals surface area (Å²) in [6, 6.07) is 0. The van der Waals surface area contributed by atoms with Gasteiger partial charge in [0.25, 0.3) is 0 Å². The molecule has 0 bridgehead atoms. The molecular weight excluding hydrogens is 441 g/mol. The fraction of sp³-hybridized carbons (Fsp3) is 0.571. The van der Waals surface area contributed by atoms with Crippen LogP contribution < -0.4 is 0 Å². The van der Waals surface area contributed by atoms with Crippen molar-refractivity contribution in [2.75, 3.05) is 0 Å². The molecule has 0 heterocycles. The van der Waals surface area contributed by atoms with Crippen LogP contribution in [0.1, 0.15) is 13.8 Å². The lowest BCUT2D eigenvalue weighted by atomic mass is 9.97. The molecule has 0 saturated carbocycles. The minimum absolute atomic E-state index is 0.571. The number of hydrogen-bond donors (Lipinski definition) is 0. The van der Waals surface area contributed by atoms with Gasteiger partial charge in [0.2, 0.25) is 0 Å². The zero-order chi connectivity index (χ0) is 23.8. The Morgan fingerprint density at radius 3 is 1.45 bits per heavy atom. The van der Waals surface area contributed by atoms with Crippen LogP contribution in [0.4, 0.5) is 48.3 Å². The van der Waals surface area contributed by atoms with E-state index < -0.39 is 59.2 Å². The fourth-order valence-electron chi connectivity index (χ4n) is 1.27. The third-order valence-electron chi connectivity index (χ3n) is 2.99. The zero-order valence-electron chi connectivity index (χ0n) is 14.3. The highest BCUT2D eigenvalue weighted by Gasteiger charge is 2.89. The number of ether oxygens (including phenoxy) is 2. The summed E-state index contributed by atoms with van der Waals surface area (Å²) >= 11 is 0. The molecule has 0 aliphatic heterocycles. The third kappa shape index (κ3) is 4.47. The van der Waals surface area contributed by atoms with E-state index in [0.717, 1.165) is 0 Å². The highest BCUT2D eigenvalue weighted by atomic mass is 19.4. The largest absolute Gasteiger partial charge is 0.473 e. The van der Waals surface area contributed by atoms with Gasteiger partial charge >= 0.3 is 48.1 Å². The molecule has 0 aliphatic rings. The molecule has 0 aromatic heterocycles. The van der Waals surface area contributed by atoms with Crippen molar-refractivity contribution in [3.8, 4) is 0 Å². The molecule has 1 atom stereocenters. The Labute approximate surface area is 154 Å². The predicted molar refractivity (Wildman–Crippen MR) is 71.4 cm³/mol. The van der Waals surface area contributed by atoms with E-state index in [4.69, 9.17) is 0 Å². The SMILES string of the molecule is C=C(C)C(=O)OC(F)C(F)(F)C(F)(F)C(F)(F)C(F)(F)C(F)(F)OC(=O)C(=C)C. The van der Waals surface area contributed by atoms with Crippen molar-refractivity contribution in [1.82, 2.24) is 0 Å². The van der Waals surface area contributed by atoms with E-state index in [0.29, 0.717) is 13.8 Å². The number of carbonyl (C=O) groups excluding carboxylic acids is 2. The Kier molecular flexibility index (Phi) is 7.18. The van der Waals surface area contributed by atoms with E-state index in [1.807, 2.05) is 0 Å². The quantitative estimate of drug-likeness (QED) is 0.290. The normalized spacial score (nSPS) is 14.8. The first-order valence-corrected chi connectivity index (χ1v) is 6.86. The van der Waals surface area contributed by atoms with Crippen molar-refractivity contribution in [2.24, 2.45) is 0 Å². The molecule has 0 aromatic rings. The predicted octanol–water partition coefficient (Wildman–Crippen LogP) is 4.65. The topological polar surface area (TPSA) is 52.6 Å². The van der Waals surface area contributed by atoms with Crippen LogP contribution in [0.25, 0.3) is 0 Å². The van der Waals surface area contributed by atoms with Gasteiger partial charge < -0.3 is 9.47 Å². The molecule has 1 unspecified atom stereocenters. The molecule has 29 heavy (non-hydrogen) atoms. The summed E-state index contributed by atoms with van der Waals surface area (Å²) < 4.78 is 153. The highest BCUT2D eigenvalue weighted by molar-refractivity contribution is 5.87. The molecule has 0 saturated heterocycles. The molecule has 0 N–H and O–H groups in total. The second-order valence-electron chi connectivity index (χ2n) is 5.53. The van der Waals surface area contributed by atoms with Gasteiger partial charge in [-0.3, -0.25) is 0 Å². The maximum atomic E-state index is 13.5. The standard InChI is InChI=1S/C14H11F11O4/c1-5(2)7(26)28-9(15)10(16,17)11(18,19)12(20,21)13(22,23)14(24,25)29-8(27)6(3)4/h9H,1,3H2,2,4H3. The van der Waals surface area contributed by atoms with E-state index in [9.17, 15) is 57.9 Å². The molecule has 15 heteroatoms. The van der Waals surface area contributed by atoms with Gasteiger partial charge in [0, 0.05) is 11.1 Å². The van der Waals surface area contributed by atoms with E-state index in [1.165, 1.54) is 0 Å².